The zero-order valence-electron chi connectivity index (χ0n) is 5.59. The minimum atomic E-state index is -0.406. The van der Waals surface area contributed by atoms with Gasteiger partial charge < -0.3 is 10.2 Å². The summed E-state index contributed by atoms with van der Waals surface area (Å²) < 4.78 is 4.96. The molecule has 0 saturated heterocycles. The minimum Gasteiger partial charge on any atom is -0.448 e. The van der Waals surface area contributed by atoms with Crippen molar-refractivity contribution in [1.29, 1.82) is 0 Å². The lowest BCUT2D eigenvalue weighted by atomic mass is 9.61. The number of rotatable bonds is 1. The Morgan fingerprint density at radius 3 is 2.56 bits per heavy atom. The van der Waals surface area contributed by atoms with Gasteiger partial charge in [0.25, 0.3) is 0 Å². The van der Waals surface area contributed by atoms with Crippen molar-refractivity contribution < 1.29 is 4.42 Å². The summed E-state index contributed by atoms with van der Waals surface area (Å²) in [6.07, 6.45) is 3.00. The Hall–Kier alpha value is -0.700. The summed E-state index contributed by atoms with van der Waals surface area (Å²) >= 11 is 0. The SMILES string of the molecule is BC(B)(N)c1cnco1. The summed E-state index contributed by atoms with van der Waals surface area (Å²) in [6.45, 7) is 0. The number of oxazole rings is 1. The molecule has 0 aromatic carbocycles. The monoisotopic (exact) mass is 122 g/mol. The van der Waals surface area contributed by atoms with Crippen LogP contribution >= 0.6 is 0 Å². The van der Waals surface area contributed by atoms with Crippen LogP contribution in [-0.2, 0) is 5.34 Å². The van der Waals surface area contributed by atoms with E-state index in [1.54, 1.807) is 6.20 Å². The lowest BCUT2D eigenvalue weighted by molar-refractivity contribution is 0.486. The lowest BCUT2D eigenvalue weighted by Crippen LogP contribution is -2.36. The van der Waals surface area contributed by atoms with E-state index in [0.29, 0.717) is 5.76 Å². The van der Waals surface area contributed by atoms with E-state index in [0.717, 1.165) is 0 Å². The average molecular weight is 122 g/mol. The topological polar surface area (TPSA) is 52.0 Å². The van der Waals surface area contributed by atoms with Gasteiger partial charge in [0.2, 0.25) is 0 Å². The molecule has 0 saturated carbocycles. The lowest BCUT2D eigenvalue weighted by Gasteiger charge is -2.12. The van der Waals surface area contributed by atoms with Crippen molar-refractivity contribution in [2.45, 2.75) is 5.34 Å². The third kappa shape index (κ3) is 1.36. The fourth-order valence-electron chi connectivity index (χ4n) is 0.534. The summed E-state index contributed by atoms with van der Waals surface area (Å²) in [5.41, 5.74) is 5.67. The molecular formula is C4H8B2N2O. The van der Waals surface area contributed by atoms with E-state index in [1.807, 2.05) is 15.7 Å². The average Bonchev–Trinajstić information content (AvgIpc) is 2.08. The number of hydrogen-bond acceptors (Lipinski definition) is 3. The number of hydrogen-bond donors (Lipinski definition) is 1. The molecule has 3 nitrogen and oxygen atoms in total. The van der Waals surface area contributed by atoms with Crippen LogP contribution in [0.4, 0.5) is 0 Å². The first-order chi connectivity index (χ1) is 4.11. The molecule has 0 amide bonds. The zero-order chi connectivity index (χ0) is 6.91. The van der Waals surface area contributed by atoms with E-state index in [-0.39, 0.29) is 0 Å². The maximum Gasteiger partial charge on any atom is 0.180 e. The van der Waals surface area contributed by atoms with E-state index >= 15 is 0 Å². The molecular weight excluding hydrogens is 114 g/mol. The van der Waals surface area contributed by atoms with E-state index in [9.17, 15) is 0 Å². The van der Waals surface area contributed by atoms with Gasteiger partial charge in [0.05, 0.1) is 6.20 Å². The van der Waals surface area contributed by atoms with Crippen LogP contribution in [0.2, 0.25) is 0 Å². The third-order valence-electron chi connectivity index (χ3n) is 1.07. The van der Waals surface area contributed by atoms with Crippen molar-refractivity contribution in [2.24, 2.45) is 5.73 Å². The first-order valence-corrected chi connectivity index (χ1v) is 2.78. The van der Waals surface area contributed by atoms with Crippen LogP contribution in [0, 0.1) is 0 Å². The van der Waals surface area contributed by atoms with Crippen LogP contribution in [-0.4, -0.2) is 20.7 Å². The van der Waals surface area contributed by atoms with Gasteiger partial charge in [0.15, 0.2) is 6.39 Å². The summed E-state index contributed by atoms with van der Waals surface area (Å²) in [4.78, 5) is 3.74. The molecule has 0 spiro atoms. The van der Waals surface area contributed by atoms with Gasteiger partial charge in [-0.25, -0.2) is 4.98 Å². The van der Waals surface area contributed by atoms with Gasteiger partial charge in [-0.05, 0) is 0 Å². The molecule has 0 bridgehead atoms. The fourth-order valence-corrected chi connectivity index (χ4v) is 0.534. The molecule has 0 aliphatic rings. The van der Waals surface area contributed by atoms with Crippen LogP contribution in [0.25, 0.3) is 0 Å². The molecule has 0 fully saturated rings. The molecule has 1 aromatic heterocycles. The minimum absolute atomic E-state index is 0.406. The van der Waals surface area contributed by atoms with Gasteiger partial charge in [-0.15, -0.1) is 0 Å². The van der Waals surface area contributed by atoms with Crippen molar-refractivity contribution in [3.8, 4) is 0 Å². The number of nitrogens with two attached hydrogens (primary N) is 1. The van der Waals surface area contributed by atoms with Crippen LogP contribution < -0.4 is 5.73 Å². The van der Waals surface area contributed by atoms with E-state index in [2.05, 4.69) is 4.98 Å². The second-order valence-electron chi connectivity index (χ2n) is 2.59. The maximum absolute atomic E-state index is 5.67. The molecule has 46 valence electrons. The molecule has 0 unspecified atom stereocenters. The Morgan fingerprint density at radius 2 is 2.33 bits per heavy atom. The van der Waals surface area contributed by atoms with Crippen molar-refractivity contribution in [3.05, 3.63) is 18.4 Å². The summed E-state index contributed by atoms with van der Waals surface area (Å²) in [7, 11) is 3.74. The molecule has 1 rings (SSSR count). The largest absolute Gasteiger partial charge is 0.448 e. The van der Waals surface area contributed by atoms with Crippen LogP contribution in [0.1, 0.15) is 5.76 Å². The van der Waals surface area contributed by atoms with Crippen LogP contribution in [0.5, 0.6) is 0 Å². The molecule has 0 radical (unpaired) electrons. The highest BCUT2D eigenvalue weighted by molar-refractivity contribution is 6.39. The van der Waals surface area contributed by atoms with Gasteiger partial charge in [0.1, 0.15) is 21.5 Å². The Labute approximate surface area is 55.5 Å². The van der Waals surface area contributed by atoms with Gasteiger partial charge in [-0.1, -0.05) is 0 Å². The highest BCUT2D eigenvalue weighted by Gasteiger charge is 2.16. The molecule has 1 aromatic rings. The van der Waals surface area contributed by atoms with E-state index < -0.39 is 5.34 Å². The van der Waals surface area contributed by atoms with Gasteiger partial charge in [-0.3, -0.25) is 0 Å². The van der Waals surface area contributed by atoms with Crippen molar-refractivity contribution >= 4 is 15.7 Å². The Bertz CT molecular complexity index is 179. The first kappa shape index (κ1) is 6.42. The van der Waals surface area contributed by atoms with Crippen molar-refractivity contribution in [2.75, 3.05) is 0 Å². The molecule has 0 aliphatic heterocycles. The quantitative estimate of drug-likeness (QED) is 0.438. The third-order valence-corrected chi connectivity index (χ3v) is 1.07. The second-order valence-corrected chi connectivity index (χ2v) is 2.59. The smallest absolute Gasteiger partial charge is 0.180 e. The number of nitrogens with zero attached hydrogens (tertiary/aromatic N) is 1. The maximum atomic E-state index is 5.67. The summed E-state index contributed by atoms with van der Waals surface area (Å²) in [5, 5.41) is -0.406. The predicted molar refractivity (Wildman–Crippen MR) is 39.5 cm³/mol. The van der Waals surface area contributed by atoms with Crippen molar-refractivity contribution in [3.63, 3.8) is 0 Å². The Kier molecular flexibility index (Phi) is 1.37. The standard InChI is InChI=1S/C4H8B2N2O/c5-4(6,7)3-1-8-2-9-3/h1-2H,5-7H2. The Morgan fingerprint density at radius 1 is 1.67 bits per heavy atom. The molecule has 2 N–H and O–H groups in total. The second kappa shape index (κ2) is 1.92. The molecule has 9 heavy (non-hydrogen) atoms. The molecule has 1 heterocycles. The molecule has 0 atom stereocenters. The predicted octanol–water partition coefficient (Wildman–Crippen LogP) is -1.99. The summed E-state index contributed by atoms with van der Waals surface area (Å²) in [6, 6.07) is 0. The van der Waals surface area contributed by atoms with Gasteiger partial charge in [0, 0.05) is 5.34 Å². The first-order valence-electron chi connectivity index (χ1n) is 2.78. The van der Waals surface area contributed by atoms with Gasteiger partial charge in [-0.2, -0.15) is 0 Å². The van der Waals surface area contributed by atoms with Crippen LogP contribution in [0.15, 0.2) is 17.0 Å². The normalized spacial score (nSPS) is 11.7. The summed E-state index contributed by atoms with van der Waals surface area (Å²) in [5.74, 6) is 0.711. The number of aromatic nitrogens is 1. The highest BCUT2D eigenvalue weighted by Crippen LogP contribution is 2.07. The zero-order valence-corrected chi connectivity index (χ0v) is 5.59. The highest BCUT2D eigenvalue weighted by atomic mass is 16.3. The molecule has 0 aliphatic carbocycles. The Balaban J connectivity index is 2.90. The van der Waals surface area contributed by atoms with E-state index in [4.69, 9.17) is 10.2 Å². The van der Waals surface area contributed by atoms with Gasteiger partial charge >= 0.3 is 0 Å². The fraction of sp³-hybridized carbons (Fsp3) is 0.250. The molecule has 5 heteroatoms. The van der Waals surface area contributed by atoms with Crippen LogP contribution in [0.3, 0.4) is 0 Å². The van der Waals surface area contributed by atoms with Crippen molar-refractivity contribution in [1.82, 2.24) is 4.98 Å². The van der Waals surface area contributed by atoms with E-state index in [1.165, 1.54) is 6.39 Å².